The van der Waals surface area contributed by atoms with Gasteiger partial charge in [0.2, 0.25) is 6.29 Å². The van der Waals surface area contributed by atoms with E-state index in [2.05, 4.69) is 0 Å². The van der Waals surface area contributed by atoms with Crippen LogP contribution in [0.5, 0.6) is 0 Å². The standard InChI is InChI=1S/C18H23NO5/c1-12-11-15(20)19(16(12)21)13(2)17(22-5)23-24-18(3,4)14-9-7-6-8-10-14/h6-11,13,17H,1-5H3. The fourth-order valence-corrected chi connectivity index (χ4v) is 2.49. The fraction of sp³-hybridized carbons (Fsp3) is 0.444. The number of ether oxygens (including phenoxy) is 1. The van der Waals surface area contributed by atoms with Gasteiger partial charge in [-0.25, -0.2) is 9.78 Å². The molecule has 130 valence electrons. The second-order valence-corrected chi connectivity index (χ2v) is 6.24. The molecule has 1 aromatic carbocycles. The number of rotatable bonds is 7. The van der Waals surface area contributed by atoms with Gasteiger partial charge in [-0.1, -0.05) is 30.3 Å². The summed E-state index contributed by atoms with van der Waals surface area (Å²) in [7, 11) is 1.44. The minimum atomic E-state index is -0.903. The number of hydrogen-bond donors (Lipinski definition) is 0. The SMILES string of the molecule is COC(OOC(C)(C)c1ccccc1)C(C)N1C(=O)C=C(C)C1=O. The molecule has 1 aliphatic heterocycles. The molecule has 2 rings (SSSR count). The number of amides is 2. The molecule has 1 aliphatic rings. The van der Waals surface area contributed by atoms with Crippen molar-refractivity contribution in [2.75, 3.05) is 7.11 Å². The Morgan fingerprint density at radius 1 is 1.12 bits per heavy atom. The molecule has 2 atom stereocenters. The van der Waals surface area contributed by atoms with Crippen LogP contribution in [0.25, 0.3) is 0 Å². The summed E-state index contributed by atoms with van der Waals surface area (Å²) in [6.45, 7) is 7.00. The molecule has 0 spiro atoms. The van der Waals surface area contributed by atoms with E-state index in [0.29, 0.717) is 5.57 Å². The first-order chi connectivity index (χ1) is 11.3. The lowest BCUT2D eigenvalue weighted by atomic mass is 9.99. The number of nitrogens with zero attached hydrogens (tertiary/aromatic N) is 1. The van der Waals surface area contributed by atoms with Crippen molar-refractivity contribution in [1.82, 2.24) is 4.90 Å². The molecule has 1 heterocycles. The zero-order chi connectivity index (χ0) is 17.9. The highest BCUT2D eigenvalue weighted by molar-refractivity contribution is 6.16. The summed E-state index contributed by atoms with van der Waals surface area (Å²) in [6.07, 6.45) is 0.403. The Hall–Kier alpha value is -2.02. The van der Waals surface area contributed by atoms with Gasteiger partial charge in [0.15, 0.2) is 0 Å². The number of carbonyl (C=O) groups is 2. The van der Waals surface area contributed by atoms with Crippen LogP contribution in [-0.2, 0) is 29.7 Å². The van der Waals surface area contributed by atoms with Crippen LogP contribution in [0, 0.1) is 0 Å². The summed E-state index contributed by atoms with van der Waals surface area (Å²) in [5, 5.41) is 0. The number of hydrogen-bond acceptors (Lipinski definition) is 5. The highest BCUT2D eigenvalue weighted by Gasteiger charge is 2.38. The Bertz CT molecular complexity index is 638. The first kappa shape index (κ1) is 18.3. The molecule has 0 N–H and O–H groups in total. The first-order valence-corrected chi connectivity index (χ1v) is 7.76. The second-order valence-electron chi connectivity index (χ2n) is 6.24. The topological polar surface area (TPSA) is 65.1 Å². The lowest BCUT2D eigenvalue weighted by molar-refractivity contribution is -0.426. The molecule has 24 heavy (non-hydrogen) atoms. The number of carbonyl (C=O) groups excluding carboxylic acids is 2. The van der Waals surface area contributed by atoms with Gasteiger partial charge in [0.05, 0.1) is 6.04 Å². The Balaban J connectivity index is 2.05. The Kier molecular flexibility index (Phi) is 5.54. The number of benzene rings is 1. The van der Waals surface area contributed by atoms with E-state index in [1.807, 2.05) is 44.2 Å². The molecule has 0 saturated carbocycles. The minimum absolute atomic E-state index is 0.347. The smallest absolute Gasteiger partial charge is 0.256 e. The van der Waals surface area contributed by atoms with Gasteiger partial charge in [0.25, 0.3) is 11.8 Å². The van der Waals surface area contributed by atoms with Crippen LogP contribution in [-0.4, -0.2) is 36.2 Å². The van der Waals surface area contributed by atoms with Gasteiger partial charge in [0.1, 0.15) is 5.60 Å². The highest BCUT2D eigenvalue weighted by atomic mass is 17.2. The summed E-state index contributed by atoms with van der Waals surface area (Å²) < 4.78 is 5.27. The number of imide groups is 1. The monoisotopic (exact) mass is 333 g/mol. The fourth-order valence-electron chi connectivity index (χ4n) is 2.49. The van der Waals surface area contributed by atoms with E-state index in [1.54, 1.807) is 13.8 Å². The predicted octanol–water partition coefficient (Wildman–Crippen LogP) is 2.55. The average molecular weight is 333 g/mol. The molecule has 0 aromatic heterocycles. The molecule has 0 saturated heterocycles. The molecule has 6 heteroatoms. The van der Waals surface area contributed by atoms with Crippen LogP contribution in [0.4, 0.5) is 0 Å². The lowest BCUT2D eigenvalue weighted by Gasteiger charge is -2.32. The van der Waals surface area contributed by atoms with Crippen LogP contribution in [0.15, 0.2) is 42.0 Å². The summed E-state index contributed by atoms with van der Waals surface area (Å²) in [6, 6.07) is 8.96. The van der Waals surface area contributed by atoms with E-state index in [1.165, 1.54) is 13.2 Å². The Morgan fingerprint density at radius 2 is 1.75 bits per heavy atom. The zero-order valence-electron chi connectivity index (χ0n) is 14.6. The molecular formula is C18H23NO5. The summed E-state index contributed by atoms with van der Waals surface area (Å²) >= 11 is 0. The van der Waals surface area contributed by atoms with Crippen molar-refractivity contribution < 1.29 is 24.1 Å². The Morgan fingerprint density at radius 3 is 2.25 bits per heavy atom. The lowest BCUT2D eigenvalue weighted by Crippen LogP contribution is -2.47. The van der Waals surface area contributed by atoms with Crippen molar-refractivity contribution in [3.63, 3.8) is 0 Å². The molecule has 0 radical (unpaired) electrons. The van der Waals surface area contributed by atoms with Crippen LogP contribution < -0.4 is 0 Å². The van der Waals surface area contributed by atoms with Crippen LogP contribution in [0.3, 0.4) is 0 Å². The third kappa shape index (κ3) is 3.72. The average Bonchev–Trinajstić information content (AvgIpc) is 2.81. The van der Waals surface area contributed by atoms with Crippen molar-refractivity contribution in [2.45, 2.75) is 45.6 Å². The van der Waals surface area contributed by atoms with Crippen molar-refractivity contribution in [2.24, 2.45) is 0 Å². The highest BCUT2D eigenvalue weighted by Crippen LogP contribution is 2.26. The summed E-state index contributed by atoms with van der Waals surface area (Å²) in [4.78, 5) is 36.1. The van der Waals surface area contributed by atoms with Crippen LogP contribution in [0.2, 0.25) is 0 Å². The summed E-state index contributed by atoms with van der Waals surface area (Å²) in [5.74, 6) is -0.724. The van der Waals surface area contributed by atoms with Gasteiger partial charge in [-0.15, -0.1) is 0 Å². The molecule has 1 aromatic rings. The maximum absolute atomic E-state index is 12.1. The molecule has 2 amide bonds. The minimum Gasteiger partial charge on any atom is -0.351 e. The maximum atomic E-state index is 12.1. The third-order valence-electron chi connectivity index (χ3n) is 3.99. The molecule has 0 aliphatic carbocycles. The number of methoxy groups -OCH3 is 1. The van der Waals surface area contributed by atoms with Crippen molar-refractivity contribution >= 4 is 11.8 Å². The Labute approximate surface area is 141 Å². The van der Waals surface area contributed by atoms with E-state index in [0.717, 1.165) is 10.5 Å². The van der Waals surface area contributed by atoms with Gasteiger partial charge in [0, 0.05) is 18.8 Å². The van der Waals surface area contributed by atoms with Gasteiger partial charge in [-0.05, 0) is 33.3 Å². The molecule has 0 bridgehead atoms. The van der Waals surface area contributed by atoms with E-state index < -0.39 is 17.9 Å². The van der Waals surface area contributed by atoms with Gasteiger partial charge in [-0.3, -0.25) is 14.5 Å². The summed E-state index contributed by atoms with van der Waals surface area (Å²) in [5.41, 5.74) is 0.607. The maximum Gasteiger partial charge on any atom is 0.256 e. The van der Waals surface area contributed by atoms with Gasteiger partial charge >= 0.3 is 0 Å². The van der Waals surface area contributed by atoms with E-state index in [4.69, 9.17) is 14.5 Å². The predicted molar refractivity (Wildman–Crippen MR) is 87.5 cm³/mol. The molecule has 0 fully saturated rings. The second kappa shape index (κ2) is 7.25. The van der Waals surface area contributed by atoms with Gasteiger partial charge in [-0.2, -0.15) is 0 Å². The third-order valence-corrected chi connectivity index (χ3v) is 3.99. The first-order valence-electron chi connectivity index (χ1n) is 7.76. The molecular weight excluding hydrogens is 310 g/mol. The normalized spacial score (nSPS) is 17.9. The van der Waals surface area contributed by atoms with Crippen molar-refractivity contribution in [1.29, 1.82) is 0 Å². The van der Waals surface area contributed by atoms with E-state index in [-0.39, 0.29) is 11.8 Å². The van der Waals surface area contributed by atoms with Gasteiger partial charge < -0.3 is 4.74 Å². The van der Waals surface area contributed by atoms with Crippen LogP contribution >= 0.6 is 0 Å². The largest absolute Gasteiger partial charge is 0.351 e. The molecule has 2 unspecified atom stereocenters. The quantitative estimate of drug-likeness (QED) is 0.332. The van der Waals surface area contributed by atoms with Crippen molar-refractivity contribution in [3.8, 4) is 0 Å². The van der Waals surface area contributed by atoms with E-state index >= 15 is 0 Å². The molecule has 6 nitrogen and oxygen atoms in total. The van der Waals surface area contributed by atoms with E-state index in [9.17, 15) is 9.59 Å². The van der Waals surface area contributed by atoms with Crippen molar-refractivity contribution in [3.05, 3.63) is 47.5 Å². The zero-order valence-corrected chi connectivity index (χ0v) is 14.6. The van der Waals surface area contributed by atoms with Crippen LogP contribution in [0.1, 0.15) is 33.3 Å².